The predicted molar refractivity (Wildman–Crippen MR) is 30.0 cm³/mol. The van der Waals surface area contributed by atoms with Gasteiger partial charge in [0.15, 0.2) is 0 Å². The van der Waals surface area contributed by atoms with E-state index in [0.29, 0.717) is 0 Å². The van der Waals surface area contributed by atoms with E-state index < -0.39 is 23.6 Å². The summed E-state index contributed by atoms with van der Waals surface area (Å²) >= 11 is -2.10. The molecule has 0 bridgehead atoms. The Morgan fingerprint density at radius 2 is 1.86 bits per heavy atom. The predicted octanol–water partition coefficient (Wildman–Crippen LogP) is 0.493. The molecule has 3 heteroatoms. The Morgan fingerprint density at radius 1 is 1.43 bits per heavy atom. The van der Waals surface area contributed by atoms with Crippen molar-refractivity contribution < 1.29 is 5.37 Å². The Hall–Kier alpha value is 0.582. The first-order valence-electron chi connectivity index (χ1n) is 2.03. The van der Waals surface area contributed by atoms with Gasteiger partial charge in [-0.05, 0) is 0 Å². The van der Waals surface area contributed by atoms with Gasteiger partial charge in [0.05, 0.1) is 0 Å². The fraction of sp³-hybridized carbons (Fsp3) is 0.500. The number of hydrogen-bond acceptors (Lipinski definition) is 2. The monoisotopic (exact) mass is 294 g/mol. The Morgan fingerprint density at radius 3 is 1.86 bits per heavy atom. The first kappa shape index (κ1) is 7.58. The van der Waals surface area contributed by atoms with Crippen LogP contribution in [-0.4, -0.2) is 37.8 Å². The van der Waals surface area contributed by atoms with E-state index >= 15 is 0 Å². The van der Waals surface area contributed by atoms with Crippen LogP contribution in [-0.2, 0) is 5.37 Å². The van der Waals surface area contributed by atoms with E-state index in [1.165, 1.54) is 0 Å². The molecule has 2 nitrogen and oxygen atoms in total. The summed E-state index contributed by atoms with van der Waals surface area (Å²) in [5, 5.41) is 0. The minimum atomic E-state index is -2.10. The topological polar surface area (TPSA) is 18.5 Å². The molecule has 0 unspecified atom stereocenters. The van der Waals surface area contributed by atoms with Gasteiger partial charge in [-0.2, -0.15) is 0 Å². The molecular formula is C4H9O2Tl. The molecule has 0 aromatic heterocycles. The van der Waals surface area contributed by atoms with Crippen LogP contribution in [0.15, 0.2) is 10.2 Å². The molecule has 0 aliphatic carbocycles. The summed E-state index contributed by atoms with van der Waals surface area (Å²) in [6.45, 7) is 3.55. The van der Waals surface area contributed by atoms with E-state index in [2.05, 4.69) is 6.58 Å². The molecule has 0 heterocycles. The third-order valence-corrected chi connectivity index (χ3v) is 5.77. The number of rotatable bonds is 3. The van der Waals surface area contributed by atoms with Crippen molar-refractivity contribution in [1.82, 2.24) is 0 Å². The van der Waals surface area contributed by atoms with Crippen LogP contribution in [0.25, 0.3) is 0 Å². The molecule has 0 fully saturated rings. The van der Waals surface area contributed by atoms with Gasteiger partial charge < -0.3 is 0 Å². The zero-order valence-electron chi connectivity index (χ0n) is 4.68. The van der Waals surface area contributed by atoms with Gasteiger partial charge in [0, 0.05) is 0 Å². The third-order valence-electron chi connectivity index (χ3n) is 0.657. The van der Waals surface area contributed by atoms with Crippen LogP contribution in [0.3, 0.4) is 0 Å². The summed E-state index contributed by atoms with van der Waals surface area (Å²) in [4.78, 5) is 0. The van der Waals surface area contributed by atoms with Crippen LogP contribution in [0.4, 0.5) is 0 Å². The molecule has 0 aromatic rings. The SMILES string of the molecule is C=[CH][Tl]([O]C)[O]C. The van der Waals surface area contributed by atoms with Gasteiger partial charge in [0.1, 0.15) is 0 Å². The minimum absolute atomic E-state index is 1.66. The average molecular weight is 293 g/mol. The van der Waals surface area contributed by atoms with Crippen molar-refractivity contribution in [1.29, 1.82) is 0 Å². The van der Waals surface area contributed by atoms with Crippen molar-refractivity contribution in [2.45, 2.75) is 0 Å². The molecule has 0 amide bonds. The molecule has 0 atom stereocenters. The van der Waals surface area contributed by atoms with Crippen molar-refractivity contribution >= 4 is 23.6 Å². The first-order valence-corrected chi connectivity index (χ1v) is 8.29. The summed E-state index contributed by atoms with van der Waals surface area (Å²) in [6, 6.07) is 0. The van der Waals surface area contributed by atoms with Gasteiger partial charge in [0.25, 0.3) is 0 Å². The average Bonchev–Trinajstić information content (AvgIpc) is 1.72. The Balaban J connectivity index is 3.16. The van der Waals surface area contributed by atoms with E-state index in [1.54, 1.807) is 17.9 Å². The van der Waals surface area contributed by atoms with Crippen LogP contribution < -0.4 is 0 Å². The van der Waals surface area contributed by atoms with Gasteiger partial charge in [0.2, 0.25) is 0 Å². The zero-order chi connectivity index (χ0) is 5.70. The molecule has 0 aromatic carbocycles. The molecular weight excluding hydrogens is 284 g/mol. The summed E-state index contributed by atoms with van der Waals surface area (Å²) in [5.74, 6) is 0. The fourth-order valence-corrected chi connectivity index (χ4v) is 2.53. The van der Waals surface area contributed by atoms with Gasteiger partial charge in [-0.15, -0.1) is 0 Å². The Kier molecular flexibility index (Phi) is 5.13. The van der Waals surface area contributed by atoms with Crippen molar-refractivity contribution in [3.8, 4) is 0 Å². The van der Waals surface area contributed by atoms with Gasteiger partial charge in [-0.25, -0.2) is 0 Å². The van der Waals surface area contributed by atoms with E-state index in [9.17, 15) is 0 Å². The van der Waals surface area contributed by atoms with Crippen molar-refractivity contribution in [3.63, 3.8) is 0 Å². The summed E-state index contributed by atoms with van der Waals surface area (Å²) in [6.07, 6.45) is 0. The second-order valence-electron chi connectivity index (χ2n) is 1.08. The zero-order valence-corrected chi connectivity index (χ0v) is 9.17. The fourth-order valence-electron chi connectivity index (χ4n) is 0.289. The molecule has 0 saturated carbocycles. The molecule has 0 radical (unpaired) electrons. The van der Waals surface area contributed by atoms with Crippen molar-refractivity contribution in [2.24, 2.45) is 0 Å². The van der Waals surface area contributed by atoms with Crippen LogP contribution in [0.1, 0.15) is 0 Å². The summed E-state index contributed by atoms with van der Waals surface area (Å²) < 4.78 is 11.7. The van der Waals surface area contributed by atoms with Crippen LogP contribution in [0.2, 0.25) is 0 Å². The quantitative estimate of drug-likeness (QED) is 0.705. The van der Waals surface area contributed by atoms with Gasteiger partial charge in [-0.3, -0.25) is 0 Å². The molecule has 0 aliphatic heterocycles. The molecule has 0 saturated heterocycles. The second kappa shape index (κ2) is 4.73. The van der Waals surface area contributed by atoms with Crippen LogP contribution in [0, 0.1) is 0 Å². The Labute approximate surface area is 53.6 Å². The maximum atomic E-state index is 4.93. The standard InChI is InChI=1S/C2H3.2CH3O.Tl/c3*1-2;/h1H,2H2;2*1H3;/q;2*-1;+2. The van der Waals surface area contributed by atoms with E-state index in [1.807, 2.05) is 0 Å². The molecule has 0 N–H and O–H groups in total. The van der Waals surface area contributed by atoms with E-state index in [-0.39, 0.29) is 0 Å². The third kappa shape index (κ3) is 3.19. The summed E-state index contributed by atoms with van der Waals surface area (Å²) in [5.41, 5.74) is 0. The molecule has 0 spiro atoms. The van der Waals surface area contributed by atoms with E-state index in [4.69, 9.17) is 5.37 Å². The van der Waals surface area contributed by atoms with Gasteiger partial charge >= 0.3 is 53.4 Å². The van der Waals surface area contributed by atoms with Crippen LogP contribution in [0.5, 0.6) is 0 Å². The second-order valence-corrected chi connectivity index (χ2v) is 9.44. The van der Waals surface area contributed by atoms with E-state index in [0.717, 1.165) is 0 Å². The van der Waals surface area contributed by atoms with Gasteiger partial charge in [-0.1, -0.05) is 0 Å². The normalized spacial score (nSPS) is 8.29. The molecule has 0 rings (SSSR count). The molecule has 7 heavy (non-hydrogen) atoms. The van der Waals surface area contributed by atoms with Crippen molar-refractivity contribution in [2.75, 3.05) is 14.2 Å². The van der Waals surface area contributed by atoms with Crippen molar-refractivity contribution in [3.05, 3.63) is 10.2 Å². The Bertz CT molecular complexity index is 51.7. The maximum absolute atomic E-state index is 4.93. The van der Waals surface area contributed by atoms with Crippen LogP contribution >= 0.6 is 0 Å². The summed E-state index contributed by atoms with van der Waals surface area (Å²) in [7, 11) is 3.33. The first-order chi connectivity index (χ1) is 3.35. The number of hydrogen-bond donors (Lipinski definition) is 0. The molecule has 0 aliphatic rings. The molecule has 40 valence electrons.